The minimum absolute atomic E-state index is 0.268. The fraction of sp³-hybridized carbons (Fsp3) is 0.789. The summed E-state index contributed by atoms with van der Waals surface area (Å²) in [4.78, 5) is 21.6. The van der Waals surface area contributed by atoms with Crippen molar-refractivity contribution < 1.29 is 9.59 Å². The Bertz CT molecular complexity index is 327. The number of imide groups is 1. The van der Waals surface area contributed by atoms with Crippen LogP contribution in [-0.4, -0.2) is 11.9 Å². The summed E-state index contributed by atoms with van der Waals surface area (Å²) in [5.74, 6) is -0.268. The summed E-state index contributed by atoms with van der Waals surface area (Å²) in [6.07, 6.45) is 21.0. The second-order valence-corrected chi connectivity index (χ2v) is 6.25. The van der Waals surface area contributed by atoms with Gasteiger partial charge in [-0.15, -0.1) is 0 Å². The van der Waals surface area contributed by atoms with E-state index in [4.69, 9.17) is 5.73 Å². The summed E-state index contributed by atoms with van der Waals surface area (Å²) in [5.41, 5.74) is 4.87. The molecule has 0 rings (SSSR count). The average Bonchev–Trinajstić information content (AvgIpc) is 2.50. The van der Waals surface area contributed by atoms with Crippen molar-refractivity contribution in [3.63, 3.8) is 0 Å². The summed E-state index contributed by atoms with van der Waals surface area (Å²) in [5, 5.41) is 2.08. The van der Waals surface area contributed by atoms with E-state index in [9.17, 15) is 9.59 Å². The maximum atomic E-state index is 11.2. The first-order valence-electron chi connectivity index (χ1n) is 9.41. The van der Waals surface area contributed by atoms with Crippen molar-refractivity contribution in [3.05, 3.63) is 12.2 Å². The first kappa shape index (κ1) is 21.7. The Morgan fingerprint density at radius 1 is 0.783 bits per heavy atom. The highest BCUT2D eigenvalue weighted by atomic mass is 16.2. The van der Waals surface area contributed by atoms with Crippen LogP contribution >= 0.6 is 0 Å². The molecule has 4 nitrogen and oxygen atoms in total. The average molecular weight is 325 g/mol. The van der Waals surface area contributed by atoms with Crippen LogP contribution in [0.1, 0.15) is 96.8 Å². The molecule has 0 spiro atoms. The molecule has 0 unspecified atom stereocenters. The number of carbonyl (C=O) groups excluding carboxylic acids is 2. The molecule has 0 aromatic heterocycles. The zero-order valence-corrected chi connectivity index (χ0v) is 14.9. The van der Waals surface area contributed by atoms with E-state index >= 15 is 0 Å². The van der Waals surface area contributed by atoms with Gasteiger partial charge in [0.05, 0.1) is 0 Å². The van der Waals surface area contributed by atoms with Crippen LogP contribution in [0.3, 0.4) is 0 Å². The summed E-state index contributed by atoms with van der Waals surface area (Å²) < 4.78 is 0. The fourth-order valence-electron chi connectivity index (χ4n) is 2.56. The van der Waals surface area contributed by atoms with Crippen molar-refractivity contribution in [2.45, 2.75) is 96.8 Å². The third kappa shape index (κ3) is 18.6. The number of unbranched alkanes of at least 4 members (excludes halogenated alkanes) is 11. The molecule has 0 aliphatic carbocycles. The van der Waals surface area contributed by atoms with Gasteiger partial charge >= 0.3 is 6.03 Å². The van der Waals surface area contributed by atoms with Crippen LogP contribution in [-0.2, 0) is 4.79 Å². The molecule has 4 heteroatoms. The molecule has 0 aromatic carbocycles. The largest absolute Gasteiger partial charge is 0.351 e. The SMILES string of the molecule is CCCCCCCC/C=C\CCCCCCCC(=O)NC(N)=O. The zero-order valence-electron chi connectivity index (χ0n) is 14.9. The van der Waals surface area contributed by atoms with E-state index in [0.717, 1.165) is 25.7 Å². The van der Waals surface area contributed by atoms with E-state index < -0.39 is 6.03 Å². The van der Waals surface area contributed by atoms with E-state index in [1.807, 2.05) is 0 Å². The fourth-order valence-corrected chi connectivity index (χ4v) is 2.56. The van der Waals surface area contributed by atoms with E-state index in [2.05, 4.69) is 24.4 Å². The molecule has 0 saturated carbocycles. The maximum absolute atomic E-state index is 11.2. The van der Waals surface area contributed by atoms with Crippen LogP contribution in [0.2, 0.25) is 0 Å². The lowest BCUT2D eigenvalue weighted by Gasteiger charge is -2.01. The first-order chi connectivity index (χ1) is 11.2. The summed E-state index contributed by atoms with van der Waals surface area (Å²) in [7, 11) is 0. The third-order valence-corrected chi connectivity index (χ3v) is 3.93. The van der Waals surface area contributed by atoms with Crippen molar-refractivity contribution in [1.29, 1.82) is 0 Å². The first-order valence-corrected chi connectivity index (χ1v) is 9.41. The van der Waals surface area contributed by atoms with Gasteiger partial charge in [0.15, 0.2) is 0 Å². The molecule has 3 N–H and O–H groups in total. The second kappa shape index (κ2) is 17.0. The molecule has 3 amide bonds. The molecule has 0 atom stereocenters. The van der Waals surface area contributed by atoms with Gasteiger partial charge in [0.2, 0.25) is 5.91 Å². The Hall–Kier alpha value is -1.32. The number of carbonyl (C=O) groups is 2. The molecule has 0 bridgehead atoms. The van der Waals surface area contributed by atoms with Gasteiger partial charge in [-0.1, -0.05) is 70.4 Å². The molecule has 0 aromatic rings. The number of nitrogens with one attached hydrogen (secondary N) is 1. The monoisotopic (exact) mass is 324 g/mol. The Balaban J connectivity index is 3.19. The zero-order chi connectivity index (χ0) is 17.2. The third-order valence-electron chi connectivity index (χ3n) is 3.93. The molecular formula is C19H36N2O2. The van der Waals surface area contributed by atoms with Crippen LogP contribution in [0.5, 0.6) is 0 Å². The lowest BCUT2D eigenvalue weighted by molar-refractivity contribution is -0.120. The van der Waals surface area contributed by atoms with Gasteiger partial charge in [-0.3, -0.25) is 10.1 Å². The Morgan fingerprint density at radius 2 is 1.26 bits per heavy atom. The smallest absolute Gasteiger partial charge is 0.318 e. The summed E-state index contributed by atoms with van der Waals surface area (Å²) >= 11 is 0. The molecule has 0 heterocycles. The minimum Gasteiger partial charge on any atom is -0.351 e. The topological polar surface area (TPSA) is 72.2 Å². The molecular weight excluding hydrogens is 288 g/mol. The van der Waals surface area contributed by atoms with Gasteiger partial charge in [-0.25, -0.2) is 4.79 Å². The number of allylic oxidation sites excluding steroid dienone is 2. The van der Waals surface area contributed by atoms with Crippen molar-refractivity contribution in [2.75, 3.05) is 0 Å². The van der Waals surface area contributed by atoms with E-state index in [-0.39, 0.29) is 5.91 Å². The van der Waals surface area contributed by atoms with Crippen LogP contribution in [0.15, 0.2) is 12.2 Å². The van der Waals surface area contributed by atoms with Crippen LogP contribution in [0, 0.1) is 0 Å². The van der Waals surface area contributed by atoms with Crippen molar-refractivity contribution in [2.24, 2.45) is 5.73 Å². The predicted octanol–water partition coefficient (Wildman–Crippen LogP) is 5.22. The Kier molecular flexibility index (Phi) is 16.1. The lowest BCUT2D eigenvalue weighted by atomic mass is 10.1. The minimum atomic E-state index is -0.761. The molecule has 134 valence electrons. The molecule has 0 fully saturated rings. The number of hydrogen-bond donors (Lipinski definition) is 2. The van der Waals surface area contributed by atoms with Crippen LogP contribution in [0.25, 0.3) is 0 Å². The van der Waals surface area contributed by atoms with Gasteiger partial charge in [0, 0.05) is 6.42 Å². The second-order valence-electron chi connectivity index (χ2n) is 6.25. The van der Waals surface area contributed by atoms with Crippen LogP contribution < -0.4 is 11.1 Å². The van der Waals surface area contributed by atoms with Crippen molar-refractivity contribution >= 4 is 11.9 Å². The van der Waals surface area contributed by atoms with Gasteiger partial charge in [-0.05, 0) is 32.1 Å². The summed E-state index contributed by atoms with van der Waals surface area (Å²) in [6, 6.07) is -0.761. The number of rotatable bonds is 15. The highest BCUT2D eigenvalue weighted by Crippen LogP contribution is 2.09. The van der Waals surface area contributed by atoms with Gasteiger partial charge < -0.3 is 5.73 Å². The van der Waals surface area contributed by atoms with E-state index in [1.165, 1.54) is 57.8 Å². The van der Waals surface area contributed by atoms with E-state index in [0.29, 0.717) is 6.42 Å². The number of hydrogen-bond acceptors (Lipinski definition) is 2. The number of amides is 3. The molecule has 23 heavy (non-hydrogen) atoms. The van der Waals surface area contributed by atoms with Crippen molar-refractivity contribution in [1.82, 2.24) is 5.32 Å². The predicted molar refractivity (Wildman–Crippen MR) is 97.2 cm³/mol. The van der Waals surface area contributed by atoms with E-state index in [1.54, 1.807) is 0 Å². The normalized spacial score (nSPS) is 11.0. The van der Waals surface area contributed by atoms with Gasteiger partial charge in [0.25, 0.3) is 0 Å². The quantitative estimate of drug-likeness (QED) is 0.320. The van der Waals surface area contributed by atoms with Gasteiger partial charge in [-0.2, -0.15) is 0 Å². The lowest BCUT2D eigenvalue weighted by Crippen LogP contribution is -2.34. The van der Waals surface area contributed by atoms with Crippen LogP contribution in [0.4, 0.5) is 4.79 Å². The summed E-state index contributed by atoms with van der Waals surface area (Å²) in [6.45, 7) is 2.25. The number of nitrogens with two attached hydrogens (primary N) is 1. The highest BCUT2D eigenvalue weighted by molar-refractivity contribution is 5.93. The van der Waals surface area contributed by atoms with Gasteiger partial charge in [0.1, 0.15) is 0 Å². The maximum Gasteiger partial charge on any atom is 0.318 e. The highest BCUT2D eigenvalue weighted by Gasteiger charge is 2.02. The Labute approximate surface area is 142 Å². The molecule has 0 aliphatic rings. The molecule has 0 radical (unpaired) electrons. The molecule has 0 saturated heterocycles. The standard InChI is InChI=1S/C19H36N2O2/c1-2-3-4-5-6-7-8-9-10-11-12-13-14-15-16-17-18(22)21-19(20)23/h9-10H,2-8,11-17H2,1H3,(H3,20,21,22,23)/b10-9-. The molecule has 0 aliphatic heterocycles. The number of primary amides is 1. The Morgan fingerprint density at radius 3 is 1.78 bits per heavy atom. The number of urea groups is 1. The van der Waals surface area contributed by atoms with Crippen molar-refractivity contribution in [3.8, 4) is 0 Å².